The van der Waals surface area contributed by atoms with Crippen molar-refractivity contribution in [2.24, 2.45) is 5.92 Å². The summed E-state index contributed by atoms with van der Waals surface area (Å²) in [4.78, 5) is 37.9. The molecule has 0 amide bonds. The van der Waals surface area contributed by atoms with Gasteiger partial charge in [0.1, 0.15) is 13.2 Å². The zero-order valence-electron chi connectivity index (χ0n) is 44.5. The highest BCUT2D eigenvalue weighted by Gasteiger charge is 2.19. The molecule has 0 saturated heterocycles. The summed E-state index contributed by atoms with van der Waals surface area (Å²) < 4.78 is 16.8. The standard InChI is InChI=1S/C59H114O6/c1-5-7-9-11-13-14-15-16-17-18-19-23-26-29-32-35-39-42-46-50-57(60)63-53-56(65-59(62)52-48-44-37-12-10-8-6-2)54-64-58(61)51-47-43-40-36-33-30-27-24-21-20-22-25-28-31-34-38-41-45-49-55(3)4/h55-56H,5-54H2,1-4H3/t56-/m1/s1. The van der Waals surface area contributed by atoms with Crippen molar-refractivity contribution in [2.75, 3.05) is 13.2 Å². The lowest BCUT2D eigenvalue weighted by molar-refractivity contribution is -0.167. The summed E-state index contributed by atoms with van der Waals surface area (Å²) in [5.41, 5.74) is 0. The van der Waals surface area contributed by atoms with Crippen LogP contribution in [0.3, 0.4) is 0 Å². The van der Waals surface area contributed by atoms with E-state index in [1.807, 2.05) is 0 Å². The quantitative estimate of drug-likeness (QED) is 0.0344. The Balaban J connectivity index is 4.07. The number of esters is 3. The second kappa shape index (κ2) is 53.4. The van der Waals surface area contributed by atoms with Crippen LogP contribution in [0.1, 0.15) is 336 Å². The molecule has 0 aromatic rings. The first-order valence-corrected chi connectivity index (χ1v) is 29.4. The van der Waals surface area contributed by atoms with E-state index in [-0.39, 0.29) is 31.1 Å². The van der Waals surface area contributed by atoms with Crippen LogP contribution in [0.2, 0.25) is 0 Å². The molecule has 0 unspecified atom stereocenters. The topological polar surface area (TPSA) is 78.9 Å². The van der Waals surface area contributed by atoms with Gasteiger partial charge in [0.25, 0.3) is 0 Å². The monoisotopic (exact) mass is 919 g/mol. The van der Waals surface area contributed by atoms with Gasteiger partial charge in [0.15, 0.2) is 6.10 Å². The SMILES string of the molecule is CCCCCCCCCCCCCCCCCCCCCC(=O)OC[C@H](COC(=O)CCCCCCCCCCCCCCCCCCCCC(C)C)OC(=O)CCCCCCCCC. The molecule has 0 aromatic carbocycles. The molecule has 0 heterocycles. The lowest BCUT2D eigenvalue weighted by Crippen LogP contribution is -2.30. The van der Waals surface area contributed by atoms with Gasteiger partial charge in [-0.3, -0.25) is 14.4 Å². The fraction of sp³-hybridized carbons (Fsp3) is 0.949. The molecule has 386 valence electrons. The third-order valence-corrected chi connectivity index (χ3v) is 13.5. The molecule has 0 saturated carbocycles. The number of hydrogen-bond donors (Lipinski definition) is 0. The molecule has 0 N–H and O–H groups in total. The van der Waals surface area contributed by atoms with E-state index in [1.165, 1.54) is 231 Å². The second-order valence-corrected chi connectivity index (χ2v) is 20.8. The highest BCUT2D eigenvalue weighted by molar-refractivity contribution is 5.71. The molecule has 0 fully saturated rings. The molecule has 6 heteroatoms. The summed E-state index contributed by atoms with van der Waals surface area (Å²) in [5.74, 6) is 0.0156. The lowest BCUT2D eigenvalue weighted by Gasteiger charge is -2.18. The molecule has 0 radical (unpaired) electrons. The van der Waals surface area contributed by atoms with E-state index in [1.54, 1.807) is 0 Å². The molecule has 0 aromatic heterocycles. The Kier molecular flexibility index (Phi) is 52.1. The molecule has 0 aliphatic rings. The lowest BCUT2D eigenvalue weighted by atomic mass is 10.0. The Hall–Kier alpha value is -1.59. The number of ether oxygens (including phenoxy) is 3. The Bertz CT molecular complexity index is 980. The molecule has 0 aliphatic heterocycles. The van der Waals surface area contributed by atoms with Crippen LogP contribution in [-0.4, -0.2) is 37.2 Å². The molecule has 0 spiro atoms. The van der Waals surface area contributed by atoms with Gasteiger partial charge in [-0.2, -0.15) is 0 Å². The normalized spacial score (nSPS) is 12.0. The minimum atomic E-state index is -0.760. The maximum Gasteiger partial charge on any atom is 0.306 e. The average Bonchev–Trinajstić information content (AvgIpc) is 3.29. The van der Waals surface area contributed by atoms with Crippen molar-refractivity contribution in [1.82, 2.24) is 0 Å². The molecule has 0 rings (SSSR count). The fourth-order valence-electron chi connectivity index (χ4n) is 9.10. The van der Waals surface area contributed by atoms with Crippen LogP contribution in [0.15, 0.2) is 0 Å². The van der Waals surface area contributed by atoms with Crippen molar-refractivity contribution < 1.29 is 28.6 Å². The van der Waals surface area contributed by atoms with Gasteiger partial charge in [0.2, 0.25) is 0 Å². The second-order valence-electron chi connectivity index (χ2n) is 20.8. The third kappa shape index (κ3) is 53.2. The van der Waals surface area contributed by atoms with Crippen molar-refractivity contribution >= 4 is 17.9 Å². The van der Waals surface area contributed by atoms with Crippen LogP contribution >= 0.6 is 0 Å². The van der Waals surface area contributed by atoms with Crippen LogP contribution in [0.4, 0.5) is 0 Å². The van der Waals surface area contributed by atoms with Crippen molar-refractivity contribution in [3.63, 3.8) is 0 Å². The predicted octanol–water partition coefficient (Wildman–Crippen LogP) is 19.4. The average molecular weight is 920 g/mol. The van der Waals surface area contributed by atoms with E-state index >= 15 is 0 Å². The summed E-state index contributed by atoms with van der Waals surface area (Å²) in [5, 5.41) is 0. The molecule has 6 nitrogen and oxygen atoms in total. The van der Waals surface area contributed by atoms with Crippen LogP contribution in [0, 0.1) is 5.92 Å². The highest BCUT2D eigenvalue weighted by Crippen LogP contribution is 2.18. The minimum absolute atomic E-state index is 0.0626. The largest absolute Gasteiger partial charge is 0.462 e. The Morgan fingerprint density at radius 1 is 0.292 bits per heavy atom. The summed E-state index contributed by atoms with van der Waals surface area (Å²) in [7, 11) is 0. The number of unbranched alkanes of at least 4 members (excludes halogenated alkanes) is 41. The first kappa shape index (κ1) is 63.4. The molecule has 65 heavy (non-hydrogen) atoms. The van der Waals surface area contributed by atoms with E-state index in [9.17, 15) is 14.4 Å². The van der Waals surface area contributed by atoms with E-state index in [0.29, 0.717) is 19.3 Å². The van der Waals surface area contributed by atoms with Crippen molar-refractivity contribution in [2.45, 2.75) is 342 Å². The minimum Gasteiger partial charge on any atom is -0.462 e. The van der Waals surface area contributed by atoms with Crippen molar-refractivity contribution in [3.8, 4) is 0 Å². The third-order valence-electron chi connectivity index (χ3n) is 13.5. The van der Waals surface area contributed by atoms with Gasteiger partial charge in [0, 0.05) is 19.3 Å². The fourth-order valence-corrected chi connectivity index (χ4v) is 9.10. The number of hydrogen-bond acceptors (Lipinski definition) is 6. The highest BCUT2D eigenvalue weighted by atomic mass is 16.6. The maximum absolute atomic E-state index is 12.7. The van der Waals surface area contributed by atoms with Gasteiger partial charge in [-0.1, -0.05) is 297 Å². The number of carbonyl (C=O) groups is 3. The summed E-state index contributed by atoms with van der Waals surface area (Å²) in [6.07, 6.45) is 58.4. The first-order chi connectivity index (χ1) is 31.9. The smallest absolute Gasteiger partial charge is 0.306 e. The van der Waals surface area contributed by atoms with Crippen LogP contribution in [0.25, 0.3) is 0 Å². The zero-order chi connectivity index (χ0) is 47.4. The number of rotatable bonds is 54. The Morgan fingerprint density at radius 3 is 0.754 bits per heavy atom. The summed E-state index contributed by atoms with van der Waals surface area (Å²) in [6, 6.07) is 0. The van der Waals surface area contributed by atoms with Gasteiger partial charge >= 0.3 is 17.9 Å². The summed E-state index contributed by atoms with van der Waals surface area (Å²) >= 11 is 0. The van der Waals surface area contributed by atoms with Gasteiger partial charge in [0.05, 0.1) is 0 Å². The van der Waals surface area contributed by atoms with E-state index in [2.05, 4.69) is 27.7 Å². The van der Waals surface area contributed by atoms with E-state index < -0.39 is 6.10 Å². The molecular formula is C59H114O6. The molecule has 0 bridgehead atoms. The Labute approximate surface area is 406 Å². The van der Waals surface area contributed by atoms with Crippen molar-refractivity contribution in [1.29, 1.82) is 0 Å². The van der Waals surface area contributed by atoms with Gasteiger partial charge < -0.3 is 14.2 Å². The van der Waals surface area contributed by atoms with Crippen LogP contribution < -0.4 is 0 Å². The molecule has 0 aliphatic carbocycles. The first-order valence-electron chi connectivity index (χ1n) is 29.4. The molecular weight excluding hydrogens is 805 g/mol. The van der Waals surface area contributed by atoms with Gasteiger partial charge in [-0.25, -0.2) is 0 Å². The number of carbonyl (C=O) groups excluding carboxylic acids is 3. The Morgan fingerprint density at radius 2 is 0.508 bits per heavy atom. The van der Waals surface area contributed by atoms with Gasteiger partial charge in [-0.05, 0) is 25.2 Å². The predicted molar refractivity (Wildman–Crippen MR) is 280 cm³/mol. The zero-order valence-corrected chi connectivity index (χ0v) is 44.5. The molecule has 1 atom stereocenters. The van der Waals surface area contributed by atoms with E-state index in [0.717, 1.165) is 63.7 Å². The van der Waals surface area contributed by atoms with E-state index in [4.69, 9.17) is 14.2 Å². The van der Waals surface area contributed by atoms with Crippen LogP contribution in [0.5, 0.6) is 0 Å². The van der Waals surface area contributed by atoms with Gasteiger partial charge in [-0.15, -0.1) is 0 Å². The maximum atomic E-state index is 12.7. The van der Waals surface area contributed by atoms with Crippen molar-refractivity contribution in [3.05, 3.63) is 0 Å². The summed E-state index contributed by atoms with van der Waals surface area (Å²) in [6.45, 7) is 9.04. The van der Waals surface area contributed by atoms with Crippen LogP contribution in [-0.2, 0) is 28.6 Å².